The number of likely N-dealkylation sites (tertiary alicyclic amines) is 1. The van der Waals surface area contributed by atoms with E-state index in [2.05, 4.69) is 30.9 Å². The molecule has 0 N–H and O–H groups in total. The normalized spacial score (nSPS) is 20.6. The van der Waals surface area contributed by atoms with Gasteiger partial charge < -0.3 is 9.42 Å². The summed E-state index contributed by atoms with van der Waals surface area (Å²) in [4.78, 5) is 18.5. The number of aromatic nitrogens is 2. The summed E-state index contributed by atoms with van der Waals surface area (Å²) in [6.07, 6.45) is 2.60. The van der Waals surface area contributed by atoms with Crippen LogP contribution < -0.4 is 0 Å². The van der Waals surface area contributed by atoms with Crippen LogP contribution >= 0.6 is 0 Å². The van der Waals surface area contributed by atoms with Gasteiger partial charge in [0.25, 0.3) is 0 Å². The Balaban J connectivity index is 1.99. The van der Waals surface area contributed by atoms with E-state index in [1.54, 1.807) is 0 Å². The Morgan fingerprint density at radius 3 is 2.79 bits per heavy atom. The van der Waals surface area contributed by atoms with Crippen LogP contribution in [-0.2, 0) is 4.79 Å². The van der Waals surface area contributed by atoms with Gasteiger partial charge in [-0.1, -0.05) is 25.9 Å². The van der Waals surface area contributed by atoms with E-state index in [4.69, 9.17) is 4.52 Å². The molecule has 1 fully saturated rings. The lowest BCUT2D eigenvalue weighted by Gasteiger charge is -2.33. The lowest BCUT2D eigenvalue weighted by molar-refractivity contribution is -0.134. The molecule has 5 heteroatoms. The molecule has 0 unspecified atom stereocenters. The van der Waals surface area contributed by atoms with E-state index in [1.165, 1.54) is 0 Å². The Kier molecular flexibility index (Phi) is 3.92. The highest BCUT2D eigenvalue weighted by Crippen LogP contribution is 2.28. The number of carbonyl (C=O) groups is 1. The molecule has 1 amide bonds. The second kappa shape index (κ2) is 5.31. The summed E-state index contributed by atoms with van der Waals surface area (Å²) in [6, 6.07) is 0. The van der Waals surface area contributed by atoms with Crippen molar-refractivity contribution in [2.24, 2.45) is 5.41 Å². The van der Waals surface area contributed by atoms with Gasteiger partial charge in [-0.3, -0.25) is 4.79 Å². The van der Waals surface area contributed by atoms with E-state index in [0.717, 1.165) is 19.4 Å². The summed E-state index contributed by atoms with van der Waals surface area (Å²) in [6.45, 7) is 9.64. The van der Waals surface area contributed by atoms with E-state index in [0.29, 0.717) is 24.7 Å². The summed E-state index contributed by atoms with van der Waals surface area (Å²) in [5.41, 5.74) is 0.0328. The van der Waals surface area contributed by atoms with Crippen molar-refractivity contribution in [3.05, 3.63) is 11.7 Å². The molecular weight excluding hydrogens is 242 g/mol. The first-order valence-corrected chi connectivity index (χ1v) is 6.93. The number of hydrogen-bond acceptors (Lipinski definition) is 4. The molecule has 1 aliphatic rings. The highest BCUT2D eigenvalue weighted by molar-refractivity contribution is 5.77. The first-order chi connectivity index (χ1) is 8.85. The van der Waals surface area contributed by atoms with Crippen LogP contribution in [-0.4, -0.2) is 34.0 Å². The molecule has 19 heavy (non-hydrogen) atoms. The smallest absolute Gasteiger partial charge is 0.231 e. The first-order valence-electron chi connectivity index (χ1n) is 6.93. The van der Waals surface area contributed by atoms with Crippen LogP contribution in [0.4, 0.5) is 0 Å². The predicted molar refractivity (Wildman–Crippen MR) is 71.7 cm³/mol. The SMILES string of the molecule is Cc1noc([C@H]2CCCN(C(=O)CC(C)(C)C)C2)n1. The summed E-state index contributed by atoms with van der Waals surface area (Å²) in [5, 5.41) is 3.83. The molecule has 1 aromatic rings. The van der Waals surface area contributed by atoms with Crippen LogP contribution in [0.3, 0.4) is 0 Å². The second-order valence-corrected chi connectivity index (χ2v) is 6.60. The Hall–Kier alpha value is -1.39. The fraction of sp³-hybridized carbons (Fsp3) is 0.786. The standard InChI is InChI=1S/C14H23N3O2/c1-10-15-13(19-16-10)11-6-5-7-17(9-11)12(18)8-14(2,3)4/h11H,5-9H2,1-4H3/t11-/m0/s1. The van der Waals surface area contributed by atoms with Crippen LogP contribution in [0.2, 0.25) is 0 Å². The minimum atomic E-state index is 0.0328. The predicted octanol–water partition coefficient (Wildman–Crippen LogP) is 2.52. The first kappa shape index (κ1) is 14.0. The summed E-state index contributed by atoms with van der Waals surface area (Å²) in [7, 11) is 0. The molecule has 1 atom stereocenters. The minimum absolute atomic E-state index is 0.0328. The number of amides is 1. The summed E-state index contributed by atoms with van der Waals surface area (Å²) >= 11 is 0. The molecule has 1 aromatic heterocycles. The maximum absolute atomic E-state index is 12.3. The van der Waals surface area contributed by atoms with Crippen LogP contribution in [0.15, 0.2) is 4.52 Å². The van der Waals surface area contributed by atoms with E-state index >= 15 is 0 Å². The Bertz CT molecular complexity index is 448. The van der Waals surface area contributed by atoms with Gasteiger partial charge in [-0.05, 0) is 25.2 Å². The molecule has 0 aliphatic carbocycles. The van der Waals surface area contributed by atoms with Gasteiger partial charge in [-0.15, -0.1) is 0 Å². The topological polar surface area (TPSA) is 59.2 Å². The van der Waals surface area contributed by atoms with Gasteiger partial charge >= 0.3 is 0 Å². The monoisotopic (exact) mass is 265 g/mol. The minimum Gasteiger partial charge on any atom is -0.342 e. The quantitative estimate of drug-likeness (QED) is 0.824. The summed E-state index contributed by atoms with van der Waals surface area (Å²) in [5.74, 6) is 1.76. The van der Waals surface area contributed by atoms with Gasteiger partial charge in [0, 0.05) is 19.5 Å². The molecular formula is C14H23N3O2. The van der Waals surface area contributed by atoms with Crippen LogP contribution in [0.25, 0.3) is 0 Å². The average Bonchev–Trinajstić information content (AvgIpc) is 2.74. The summed E-state index contributed by atoms with van der Waals surface area (Å²) < 4.78 is 5.23. The van der Waals surface area contributed by atoms with E-state index in [1.807, 2.05) is 11.8 Å². The van der Waals surface area contributed by atoms with Crippen LogP contribution in [0.1, 0.15) is 57.7 Å². The highest BCUT2D eigenvalue weighted by atomic mass is 16.5. The molecule has 0 aromatic carbocycles. The van der Waals surface area contributed by atoms with Gasteiger partial charge in [0.05, 0.1) is 5.92 Å². The van der Waals surface area contributed by atoms with Gasteiger partial charge in [0.15, 0.2) is 5.82 Å². The molecule has 0 saturated carbocycles. The molecule has 0 spiro atoms. The molecule has 0 bridgehead atoms. The number of piperidine rings is 1. The zero-order valence-corrected chi connectivity index (χ0v) is 12.3. The zero-order valence-electron chi connectivity index (χ0n) is 12.3. The maximum atomic E-state index is 12.3. The van der Waals surface area contributed by atoms with Crippen molar-refractivity contribution in [3.8, 4) is 0 Å². The van der Waals surface area contributed by atoms with Crippen molar-refractivity contribution in [2.45, 2.75) is 52.9 Å². The number of nitrogens with zero attached hydrogens (tertiary/aromatic N) is 3. The van der Waals surface area contributed by atoms with Crippen molar-refractivity contribution >= 4 is 5.91 Å². The van der Waals surface area contributed by atoms with Gasteiger partial charge in [0.1, 0.15) is 0 Å². The van der Waals surface area contributed by atoms with Crippen molar-refractivity contribution in [3.63, 3.8) is 0 Å². The van der Waals surface area contributed by atoms with E-state index in [9.17, 15) is 4.79 Å². The molecule has 1 aliphatic heterocycles. The van der Waals surface area contributed by atoms with Gasteiger partial charge in [-0.25, -0.2) is 0 Å². The van der Waals surface area contributed by atoms with Crippen LogP contribution in [0.5, 0.6) is 0 Å². The van der Waals surface area contributed by atoms with Crippen molar-refractivity contribution in [1.82, 2.24) is 15.0 Å². The largest absolute Gasteiger partial charge is 0.342 e. The number of carbonyl (C=O) groups excluding carboxylic acids is 1. The average molecular weight is 265 g/mol. The van der Waals surface area contributed by atoms with Crippen molar-refractivity contribution in [2.75, 3.05) is 13.1 Å². The Labute approximate surface area is 114 Å². The molecule has 5 nitrogen and oxygen atoms in total. The van der Waals surface area contributed by atoms with E-state index < -0.39 is 0 Å². The third-order valence-electron chi connectivity index (χ3n) is 3.35. The third-order valence-corrected chi connectivity index (χ3v) is 3.35. The zero-order chi connectivity index (χ0) is 14.0. The Morgan fingerprint density at radius 1 is 1.47 bits per heavy atom. The second-order valence-electron chi connectivity index (χ2n) is 6.60. The molecule has 106 valence electrons. The molecule has 2 heterocycles. The number of aryl methyl sites for hydroxylation is 1. The number of rotatable bonds is 2. The highest BCUT2D eigenvalue weighted by Gasteiger charge is 2.29. The van der Waals surface area contributed by atoms with Gasteiger partial charge in [0.2, 0.25) is 11.8 Å². The molecule has 0 radical (unpaired) electrons. The molecule has 2 rings (SSSR count). The van der Waals surface area contributed by atoms with Crippen LogP contribution in [0, 0.1) is 12.3 Å². The Morgan fingerprint density at radius 2 is 2.21 bits per heavy atom. The number of hydrogen-bond donors (Lipinski definition) is 0. The maximum Gasteiger partial charge on any atom is 0.231 e. The lowest BCUT2D eigenvalue weighted by atomic mass is 9.90. The third kappa shape index (κ3) is 3.78. The van der Waals surface area contributed by atoms with Gasteiger partial charge in [-0.2, -0.15) is 4.98 Å². The fourth-order valence-electron chi connectivity index (χ4n) is 2.45. The molecule has 1 saturated heterocycles. The fourth-order valence-corrected chi connectivity index (χ4v) is 2.45. The van der Waals surface area contributed by atoms with Crippen molar-refractivity contribution < 1.29 is 9.32 Å². The van der Waals surface area contributed by atoms with Crippen molar-refractivity contribution in [1.29, 1.82) is 0 Å². The van der Waals surface area contributed by atoms with E-state index in [-0.39, 0.29) is 17.2 Å². The lowest BCUT2D eigenvalue weighted by Crippen LogP contribution is -2.40.